The van der Waals surface area contributed by atoms with Crippen molar-refractivity contribution in [1.29, 1.82) is 5.26 Å². The molecule has 3 nitrogen and oxygen atoms in total. The number of aromatic nitrogens is 1. The molecule has 2 aromatic rings. The second-order valence-electron chi connectivity index (χ2n) is 3.17. The van der Waals surface area contributed by atoms with Gasteiger partial charge in [0.15, 0.2) is 0 Å². The Labute approximate surface area is 80.0 Å². The maximum absolute atomic E-state index is 13.1. The first-order valence-corrected chi connectivity index (χ1v) is 4.11. The zero-order valence-corrected chi connectivity index (χ0v) is 7.56. The number of nitriles is 1. The fraction of sp³-hybridized carbons (Fsp3) is 0.100. The predicted molar refractivity (Wildman–Crippen MR) is 52.1 cm³/mol. The molecule has 0 aliphatic carbocycles. The molecule has 0 saturated carbocycles. The van der Waals surface area contributed by atoms with Crippen molar-refractivity contribution in [3.8, 4) is 6.07 Å². The van der Waals surface area contributed by atoms with Crippen molar-refractivity contribution in [1.82, 2.24) is 4.98 Å². The van der Waals surface area contributed by atoms with E-state index in [1.54, 1.807) is 13.0 Å². The summed E-state index contributed by atoms with van der Waals surface area (Å²) in [5.41, 5.74) is 7.01. The van der Waals surface area contributed by atoms with Crippen molar-refractivity contribution in [2.45, 2.75) is 6.92 Å². The number of benzene rings is 1. The highest BCUT2D eigenvalue weighted by atomic mass is 19.1. The van der Waals surface area contributed by atoms with E-state index in [1.807, 2.05) is 6.07 Å². The van der Waals surface area contributed by atoms with Gasteiger partial charge in [0.05, 0.1) is 5.52 Å². The van der Waals surface area contributed by atoms with Crippen molar-refractivity contribution in [2.75, 3.05) is 5.73 Å². The topological polar surface area (TPSA) is 65.6 Å². The molecule has 1 aromatic heterocycles. The van der Waals surface area contributed by atoms with Gasteiger partial charge in [-0.3, -0.25) is 0 Å². The lowest BCUT2D eigenvalue weighted by Crippen LogP contribution is -1.86. The highest BCUT2D eigenvalue weighted by molar-refractivity contribution is 5.91. The van der Waals surface area contributed by atoms with Crippen LogP contribution in [0.2, 0.25) is 0 Å². The zero-order chi connectivity index (χ0) is 10.3. The van der Waals surface area contributed by atoms with Gasteiger partial charge in [-0.15, -0.1) is 0 Å². The number of nitrogens with one attached hydrogen (secondary N) is 1. The third-order valence-electron chi connectivity index (χ3n) is 2.22. The van der Waals surface area contributed by atoms with Crippen LogP contribution >= 0.6 is 0 Å². The number of halogens is 1. The van der Waals surface area contributed by atoms with E-state index in [0.717, 1.165) is 0 Å². The predicted octanol–water partition coefficient (Wildman–Crippen LogP) is 2.07. The zero-order valence-electron chi connectivity index (χ0n) is 7.56. The molecule has 2 rings (SSSR count). The lowest BCUT2D eigenvalue weighted by molar-refractivity contribution is 0.620. The third kappa shape index (κ3) is 1.03. The Hall–Kier alpha value is -2.02. The summed E-state index contributed by atoms with van der Waals surface area (Å²) in [5, 5.41) is 9.49. The van der Waals surface area contributed by atoms with Gasteiger partial charge in [-0.25, -0.2) is 4.39 Å². The van der Waals surface area contributed by atoms with Gasteiger partial charge in [-0.05, 0) is 24.6 Å². The molecule has 1 heterocycles. The summed E-state index contributed by atoms with van der Waals surface area (Å²) in [6.45, 7) is 1.65. The number of hydrogen-bond acceptors (Lipinski definition) is 2. The summed E-state index contributed by atoms with van der Waals surface area (Å²) in [7, 11) is 0. The SMILES string of the molecule is Cc1cc2c(C#N)c(N)[nH]c2cc1F. The van der Waals surface area contributed by atoms with E-state index in [2.05, 4.69) is 4.98 Å². The van der Waals surface area contributed by atoms with E-state index in [9.17, 15) is 4.39 Å². The van der Waals surface area contributed by atoms with Gasteiger partial charge in [0.1, 0.15) is 23.3 Å². The molecule has 0 atom stereocenters. The number of aromatic amines is 1. The highest BCUT2D eigenvalue weighted by Gasteiger charge is 2.10. The molecule has 0 aliphatic heterocycles. The number of anilines is 1. The molecule has 0 amide bonds. The number of H-pyrrole nitrogens is 1. The van der Waals surface area contributed by atoms with E-state index in [0.29, 0.717) is 22.0 Å². The van der Waals surface area contributed by atoms with Gasteiger partial charge >= 0.3 is 0 Å². The molecule has 4 heteroatoms. The molecule has 0 aliphatic rings. The summed E-state index contributed by atoms with van der Waals surface area (Å²) in [4.78, 5) is 2.76. The largest absolute Gasteiger partial charge is 0.384 e. The fourth-order valence-corrected chi connectivity index (χ4v) is 1.46. The second kappa shape index (κ2) is 2.74. The van der Waals surface area contributed by atoms with Gasteiger partial charge in [0, 0.05) is 5.39 Å². The van der Waals surface area contributed by atoms with Gasteiger partial charge in [0.25, 0.3) is 0 Å². The van der Waals surface area contributed by atoms with Gasteiger partial charge in [0.2, 0.25) is 0 Å². The molecule has 0 bridgehead atoms. The summed E-state index contributed by atoms with van der Waals surface area (Å²) < 4.78 is 13.1. The van der Waals surface area contributed by atoms with E-state index in [4.69, 9.17) is 11.0 Å². The smallest absolute Gasteiger partial charge is 0.128 e. The number of fused-ring (bicyclic) bond motifs is 1. The van der Waals surface area contributed by atoms with Crippen LogP contribution in [0, 0.1) is 24.1 Å². The Balaban J connectivity index is 2.91. The van der Waals surface area contributed by atoms with Crippen LogP contribution in [-0.2, 0) is 0 Å². The first kappa shape index (κ1) is 8.57. The lowest BCUT2D eigenvalue weighted by Gasteiger charge is -1.95. The third-order valence-corrected chi connectivity index (χ3v) is 2.22. The first-order chi connectivity index (χ1) is 6.63. The Morgan fingerprint density at radius 2 is 2.21 bits per heavy atom. The van der Waals surface area contributed by atoms with Crippen LogP contribution in [0.25, 0.3) is 10.9 Å². The molecule has 3 N–H and O–H groups in total. The average molecular weight is 189 g/mol. The molecule has 14 heavy (non-hydrogen) atoms. The molecule has 0 fully saturated rings. The molecule has 70 valence electrons. The minimum atomic E-state index is -0.303. The Kier molecular flexibility index (Phi) is 1.68. The normalized spacial score (nSPS) is 10.4. The fourth-order valence-electron chi connectivity index (χ4n) is 1.46. The molecular weight excluding hydrogens is 181 g/mol. The van der Waals surface area contributed by atoms with Crippen molar-refractivity contribution in [3.63, 3.8) is 0 Å². The van der Waals surface area contributed by atoms with Crippen molar-refractivity contribution >= 4 is 16.7 Å². The number of aryl methyl sites for hydroxylation is 1. The Morgan fingerprint density at radius 3 is 2.86 bits per heavy atom. The number of rotatable bonds is 0. The van der Waals surface area contributed by atoms with E-state index >= 15 is 0 Å². The molecule has 0 saturated heterocycles. The van der Waals surface area contributed by atoms with Crippen molar-refractivity contribution < 1.29 is 4.39 Å². The van der Waals surface area contributed by atoms with Crippen molar-refractivity contribution in [2.24, 2.45) is 0 Å². The van der Waals surface area contributed by atoms with Crippen LogP contribution in [-0.4, -0.2) is 4.98 Å². The number of hydrogen-bond donors (Lipinski definition) is 2. The highest BCUT2D eigenvalue weighted by Crippen LogP contribution is 2.25. The van der Waals surface area contributed by atoms with Gasteiger partial charge < -0.3 is 10.7 Å². The van der Waals surface area contributed by atoms with Crippen LogP contribution in [0.3, 0.4) is 0 Å². The molecular formula is C10H8FN3. The summed E-state index contributed by atoms with van der Waals surface area (Å²) in [6.07, 6.45) is 0. The minimum Gasteiger partial charge on any atom is -0.384 e. The van der Waals surface area contributed by atoms with Gasteiger partial charge in [-0.2, -0.15) is 5.26 Å². The Bertz CT molecular complexity index is 548. The van der Waals surface area contributed by atoms with E-state index in [-0.39, 0.29) is 11.6 Å². The summed E-state index contributed by atoms with van der Waals surface area (Å²) in [6, 6.07) is 4.96. The maximum Gasteiger partial charge on any atom is 0.128 e. The van der Waals surface area contributed by atoms with Crippen LogP contribution in [0.15, 0.2) is 12.1 Å². The number of nitrogen functional groups attached to an aromatic ring is 1. The van der Waals surface area contributed by atoms with E-state index < -0.39 is 0 Å². The first-order valence-electron chi connectivity index (χ1n) is 4.11. The van der Waals surface area contributed by atoms with Crippen LogP contribution in [0.1, 0.15) is 11.1 Å². The van der Waals surface area contributed by atoms with Crippen LogP contribution < -0.4 is 5.73 Å². The van der Waals surface area contributed by atoms with Crippen molar-refractivity contribution in [3.05, 3.63) is 29.1 Å². The second-order valence-corrected chi connectivity index (χ2v) is 3.17. The number of nitrogens with two attached hydrogens (primary N) is 1. The van der Waals surface area contributed by atoms with Crippen LogP contribution in [0.4, 0.5) is 10.2 Å². The molecule has 1 aromatic carbocycles. The van der Waals surface area contributed by atoms with E-state index in [1.165, 1.54) is 6.07 Å². The minimum absolute atomic E-state index is 0.285. The molecule has 0 radical (unpaired) electrons. The molecule has 0 spiro atoms. The van der Waals surface area contributed by atoms with Crippen LogP contribution in [0.5, 0.6) is 0 Å². The maximum atomic E-state index is 13.1. The standard InChI is InChI=1S/C10H8FN3/c1-5-2-6-7(4-12)10(13)14-9(6)3-8(5)11/h2-3,14H,13H2,1H3. The van der Waals surface area contributed by atoms with Gasteiger partial charge in [-0.1, -0.05) is 0 Å². The number of nitrogens with zero attached hydrogens (tertiary/aromatic N) is 1. The average Bonchev–Trinajstić information content (AvgIpc) is 2.42. The quantitative estimate of drug-likeness (QED) is 0.666. The Morgan fingerprint density at radius 1 is 1.50 bits per heavy atom. The lowest BCUT2D eigenvalue weighted by atomic mass is 10.1. The molecule has 0 unspecified atom stereocenters. The summed E-state index contributed by atoms with van der Waals surface area (Å²) in [5.74, 6) is -0.0178. The monoisotopic (exact) mass is 189 g/mol. The summed E-state index contributed by atoms with van der Waals surface area (Å²) >= 11 is 0.